The highest BCUT2D eigenvalue weighted by Crippen LogP contribution is 2.31. The van der Waals surface area contributed by atoms with Crippen LogP contribution in [0, 0.1) is 0 Å². The first kappa shape index (κ1) is 18.1. The van der Waals surface area contributed by atoms with Crippen LogP contribution in [-0.4, -0.2) is 31.9 Å². The summed E-state index contributed by atoms with van der Waals surface area (Å²) in [5.74, 6) is 1.41. The molecule has 4 nitrogen and oxygen atoms in total. The Bertz CT molecular complexity index is 616. The minimum atomic E-state index is -0.536. The van der Waals surface area contributed by atoms with E-state index in [2.05, 4.69) is 17.0 Å². The van der Waals surface area contributed by atoms with Crippen LogP contribution in [0.2, 0.25) is 0 Å². The van der Waals surface area contributed by atoms with Crippen LogP contribution in [0.25, 0.3) is 0 Å². The number of anilines is 1. The minimum absolute atomic E-state index is 0.536. The summed E-state index contributed by atoms with van der Waals surface area (Å²) in [6.45, 7) is 5.80. The summed E-state index contributed by atoms with van der Waals surface area (Å²) in [6.07, 6.45) is 0.108. The smallest absolute Gasteiger partial charge is 0.161 e. The third-order valence-electron chi connectivity index (χ3n) is 3.89. The van der Waals surface area contributed by atoms with E-state index in [0.29, 0.717) is 25.4 Å². The normalized spacial score (nSPS) is 11.8. The SMILES string of the molecule is CCOc1ccc(C(O)CCN(C)c2ccccc2)cc1OCC. The summed E-state index contributed by atoms with van der Waals surface area (Å²) in [7, 11) is 2.03. The van der Waals surface area contributed by atoms with Crippen LogP contribution in [0.4, 0.5) is 5.69 Å². The molecule has 0 spiro atoms. The van der Waals surface area contributed by atoms with Crippen molar-refractivity contribution in [3.63, 3.8) is 0 Å². The molecule has 0 radical (unpaired) electrons. The van der Waals surface area contributed by atoms with E-state index in [0.717, 1.165) is 23.5 Å². The summed E-state index contributed by atoms with van der Waals surface area (Å²) < 4.78 is 11.2. The van der Waals surface area contributed by atoms with E-state index in [1.165, 1.54) is 0 Å². The lowest BCUT2D eigenvalue weighted by Crippen LogP contribution is -2.20. The maximum absolute atomic E-state index is 10.5. The topological polar surface area (TPSA) is 41.9 Å². The maximum Gasteiger partial charge on any atom is 0.161 e. The molecule has 0 heterocycles. The number of hydrogen-bond donors (Lipinski definition) is 1. The number of hydrogen-bond acceptors (Lipinski definition) is 4. The fourth-order valence-corrected chi connectivity index (χ4v) is 2.57. The second-order valence-corrected chi connectivity index (χ2v) is 5.63. The molecule has 2 rings (SSSR count). The van der Waals surface area contributed by atoms with E-state index in [9.17, 15) is 5.11 Å². The van der Waals surface area contributed by atoms with Gasteiger partial charge < -0.3 is 19.5 Å². The van der Waals surface area contributed by atoms with E-state index < -0.39 is 6.10 Å². The van der Waals surface area contributed by atoms with Crippen molar-refractivity contribution in [3.05, 3.63) is 54.1 Å². The van der Waals surface area contributed by atoms with Crippen molar-refractivity contribution < 1.29 is 14.6 Å². The highest BCUT2D eigenvalue weighted by molar-refractivity contribution is 5.45. The Morgan fingerprint density at radius 3 is 2.29 bits per heavy atom. The summed E-state index contributed by atoms with van der Waals surface area (Å²) in [5, 5.41) is 10.5. The highest BCUT2D eigenvalue weighted by atomic mass is 16.5. The Hall–Kier alpha value is -2.20. The van der Waals surface area contributed by atoms with Crippen molar-refractivity contribution in [2.45, 2.75) is 26.4 Å². The summed E-state index contributed by atoms with van der Waals surface area (Å²) in [5.41, 5.74) is 2.00. The monoisotopic (exact) mass is 329 g/mol. The molecule has 0 aliphatic heterocycles. The average molecular weight is 329 g/mol. The summed E-state index contributed by atoms with van der Waals surface area (Å²) >= 11 is 0. The van der Waals surface area contributed by atoms with Gasteiger partial charge >= 0.3 is 0 Å². The molecule has 0 aliphatic rings. The van der Waals surface area contributed by atoms with Crippen LogP contribution in [0.5, 0.6) is 11.5 Å². The third kappa shape index (κ3) is 4.90. The average Bonchev–Trinajstić information content (AvgIpc) is 2.62. The highest BCUT2D eigenvalue weighted by Gasteiger charge is 2.13. The molecule has 4 heteroatoms. The van der Waals surface area contributed by atoms with Gasteiger partial charge in [-0.2, -0.15) is 0 Å². The van der Waals surface area contributed by atoms with Crippen molar-refractivity contribution in [2.75, 3.05) is 31.7 Å². The Morgan fingerprint density at radius 2 is 1.62 bits per heavy atom. The summed E-state index contributed by atoms with van der Waals surface area (Å²) in [4.78, 5) is 2.14. The van der Waals surface area contributed by atoms with E-state index >= 15 is 0 Å². The zero-order valence-electron chi connectivity index (χ0n) is 14.7. The number of nitrogens with zero attached hydrogens (tertiary/aromatic N) is 1. The molecule has 24 heavy (non-hydrogen) atoms. The molecule has 0 bridgehead atoms. The van der Waals surface area contributed by atoms with Gasteiger partial charge in [-0.15, -0.1) is 0 Å². The Labute approximate surface area is 144 Å². The molecule has 2 aromatic carbocycles. The molecule has 2 aromatic rings. The van der Waals surface area contributed by atoms with Gasteiger partial charge in [-0.1, -0.05) is 24.3 Å². The quantitative estimate of drug-likeness (QED) is 0.754. The summed E-state index contributed by atoms with van der Waals surface area (Å²) in [6, 6.07) is 15.8. The van der Waals surface area contributed by atoms with E-state index in [1.807, 2.05) is 57.3 Å². The Morgan fingerprint density at radius 1 is 0.958 bits per heavy atom. The molecular weight excluding hydrogens is 302 g/mol. The largest absolute Gasteiger partial charge is 0.490 e. The van der Waals surface area contributed by atoms with Gasteiger partial charge in [0.15, 0.2) is 11.5 Å². The molecule has 0 saturated carbocycles. The predicted octanol–water partition coefficient (Wildman–Crippen LogP) is 4.04. The lowest BCUT2D eigenvalue weighted by atomic mass is 10.1. The molecular formula is C20H27NO3. The Balaban J connectivity index is 2.01. The number of para-hydroxylation sites is 1. The number of aliphatic hydroxyl groups excluding tert-OH is 1. The third-order valence-corrected chi connectivity index (χ3v) is 3.89. The van der Waals surface area contributed by atoms with E-state index in [-0.39, 0.29) is 0 Å². The van der Waals surface area contributed by atoms with Gasteiger partial charge in [-0.3, -0.25) is 0 Å². The van der Waals surface area contributed by atoms with Crippen molar-refractivity contribution in [2.24, 2.45) is 0 Å². The zero-order chi connectivity index (χ0) is 17.4. The van der Waals surface area contributed by atoms with Crippen molar-refractivity contribution in [1.29, 1.82) is 0 Å². The van der Waals surface area contributed by atoms with Crippen LogP contribution in [0.1, 0.15) is 31.9 Å². The van der Waals surface area contributed by atoms with Gasteiger partial charge in [0.1, 0.15) is 0 Å². The predicted molar refractivity (Wildman–Crippen MR) is 98.1 cm³/mol. The first-order chi connectivity index (χ1) is 11.7. The number of rotatable bonds is 9. The molecule has 0 aromatic heterocycles. The molecule has 130 valence electrons. The van der Waals surface area contributed by atoms with Gasteiger partial charge in [-0.25, -0.2) is 0 Å². The lowest BCUT2D eigenvalue weighted by molar-refractivity contribution is 0.169. The fraction of sp³-hybridized carbons (Fsp3) is 0.400. The van der Waals surface area contributed by atoms with E-state index in [4.69, 9.17) is 9.47 Å². The minimum Gasteiger partial charge on any atom is -0.490 e. The van der Waals surface area contributed by atoms with Crippen LogP contribution in [0.3, 0.4) is 0 Å². The molecule has 1 N–H and O–H groups in total. The zero-order valence-corrected chi connectivity index (χ0v) is 14.7. The molecule has 0 saturated heterocycles. The molecule has 0 amide bonds. The van der Waals surface area contributed by atoms with Crippen molar-refractivity contribution >= 4 is 5.69 Å². The molecule has 0 aliphatic carbocycles. The Kier molecular flexibility index (Phi) is 6.94. The van der Waals surface area contributed by atoms with Gasteiger partial charge in [0.2, 0.25) is 0 Å². The van der Waals surface area contributed by atoms with Crippen LogP contribution in [0.15, 0.2) is 48.5 Å². The number of aliphatic hydroxyl groups is 1. The van der Waals surface area contributed by atoms with Gasteiger partial charge in [0.25, 0.3) is 0 Å². The second kappa shape index (κ2) is 9.18. The van der Waals surface area contributed by atoms with Gasteiger partial charge in [0, 0.05) is 19.3 Å². The standard InChI is InChI=1S/C20H27NO3/c1-4-23-19-12-11-16(15-20(19)24-5-2)18(22)13-14-21(3)17-9-7-6-8-10-17/h6-12,15,18,22H,4-5,13-14H2,1-3H3. The number of ether oxygens (including phenoxy) is 2. The lowest BCUT2D eigenvalue weighted by Gasteiger charge is -2.21. The molecule has 0 fully saturated rings. The first-order valence-electron chi connectivity index (χ1n) is 8.49. The fourth-order valence-electron chi connectivity index (χ4n) is 2.57. The maximum atomic E-state index is 10.5. The van der Waals surface area contributed by atoms with Crippen LogP contribution < -0.4 is 14.4 Å². The second-order valence-electron chi connectivity index (χ2n) is 5.63. The van der Waals surface area contributed by atoms with Crippen LogP contribution >= 0.6 is 0 Å². The van der Waals surface area contributed by atoms with Gasteiger partial charge in [-0.05, 0) is 50.1 Å². The van der Waals surface area contributed by atoms with Crippen molar-refractivity contribution in [3.8, 4) is 11.5 Å². The van der Waals surface area contributed by atoms with Crippen LogP contribution in [-0.2, 0) is 0 Å². The van der Waals surface area contributed by atoms with Crippen molar-refractivity contribution in [1.82, 2.24) is 0 Å². The molecule has 1 unspecified atom stereocenters. The molecule has 1 atom stereocenters. The van der Waals surface area contributed by atoms with E-state index in [1.54, 1.807) is 0 Å². The number of benzene rings is 2. The first-order valence-corrected chi connectivity index (χ1v) is 8.49. The van der Waals surface area contributed by atoms with Gasteiger partial charge in [0.05, 0.1) is 19.3 Å².